The average Bonchev–Trinajstić information content (AvgIpc) is 2.14. The Kier molecular flexibility index (Phi) is 3.87. The van der Waals surface area contributed by atoms with Gasteiger partial charge in [0.25, 0.3) is 20.2 Å². The molecule has 1 aromatic rings. The van der Waals surface area contributed by atoms with Gasteiger partial charge in [-0.25, -0.2) is 4.39 Å². The molecule has 1 unspecified atom stereocenters. The van der Waals surface area contributed by atoms with Crippen LogP contribution in [0.5, 0.6) is 0 Å². The monoisotopic (exact) mass is 284 g/mol. The van der Waals surface area contributed by atoms with E-state index < -0.39 is 31.0 Å². The minimum Gasteiger partial charge on any atom is -0.284 e. The lowest BCUT2D eigenvalue weighted by Crippen LogP contribution is -2.33. The molecule has 9 heteroatoms. The summed E-state index contributed by atoms with van der Waals surface area (Å²) in [5.74, 6) is 0. The lowest BCUT2D eigenvalue weighted by atomic mass is 10.1. The van der Waals surface area contributed by atoms with E-state index in [2.05, 4.69) is 0 Å². The van der Waals surface area contributed by atoms with Gasteiger partial charge in [-0.05, 0) is 5.56 Å². The molecule has 0 aromatic heterocycles. The molecular weight excluding hydrogens is 275 g/mol. The highest BCUT2D eigenvalue weighted by atomic mass is 32.3. The third-order valence-electron chi connectivity index (χ3n) is 1.94. The maximum absolute atomic E-state index is 13.7. The molecule has 0 aliphatic carbocycles. The number of alkyl halides is 1. The fraction of sp³-hybridized carbons (Fsp3) is 0.250. The van der Waals surface area contributed by atoms with Crippen LogP contribution in [-0.4, -0.2) is 30.5 Å². The summed E-state index contributed by atoms with van der Waals surface area (Å²) in [6.07, 6.45) is -2.58. The molecule has 1 aromatic carbocycles. The molecule has 1 rings (SSSR count). The summed E-state index contributed by atoms with van der Waals surface area (Å²) in [6.45, 7) is 0. The Morgan fingerprint density at radius 3 is 1.71 bits per heavy atom. The van der Waals surface area contributed by atoms with Crippen LogP contribution in [-0.2, 0) is 20.2 Å². The van der Waals surface area contributed by atoms with E-state index in [0.29, 0.717) is 0 Å². The molecule has 2 N–H and O–H groups in total. The van der Waals surface area contributed by atoms with Crippen LogP contribution >= 0.6 is 0 Å². The molecule has 0 fully saturated rings. The highest BCUT2D eigenvalue weighted by Gasteiger charge is 2.44. The summed E-state index contributed by atoms with van der Waals surface area (Å²) in [5, 5.41) is 0. The van der Waals surface area contributed by atoms with Crippen LogP contribution in [0.3, 0.4) is 0 Å². The Bertz CT molecular complexity index is 548. The van der Waals surface area contributed by atoms with Crippen LogP contribution in [0.1, 0.15) is 11.7 Å². The van der Waals surface area contributed by atoms with Gasteiger partial charge in [0.15, 0.2) is 6.17 Å². The molecule has 0 aliphatic heterocycles. The number of benzene rings is 1. The summed E-state index contributed by atoms with van der Waals surface area (Å²) in [6, 6.07) is 6.48. The Balaban J connectivity index is 3.28. The van der Waals surface area contributed by atoms with E-state index in [0.717, 1.165) is 12.1 Å². The minimum atomic E-state index is -5.28. The van der Waals surface area contributed by atoms with Crippen molar-refractivity contribution < 1.29 is 30.3 Å². The van der Waals surface area contributed by atoms with Crippen molar-refractivity contribution in [2.45, 2.75) is 10.8 Å². The molecule has 0 spiro atoms. The molecular formula is C8H9FO6S2. The summed E-state index contributed by atoms with van der Waals surface area (Å²) in [5.41, 5.74) is -0.284. The molecule has 96 valence electrons. The third kappa shape index (κ3) is 3.46. The fourth-order valence-corrected chi connectivity index (χ4v) is 3.40. The van der Waals surface area contributed by atoms with Crippen LogP contribution < -0.4 is 0 Å². The van der Waals surface area contributed by atoms with E-state index in [4.69, 9.17) is 9.11 Å². The van der Waals surface area contributed by atoms with Gasteiger partial charge in [-0.15, -0.1) is 0 Å². The summed E-state index contributed by atoms with van der Waals surface area (Å²) < 4.78 is 71.1. The zero-order chi connectivity index (χ0) is 13.3. The first-order chi connectivity index (χ1) is 7.64. The maximum Gasteiger partial charge on any atom is 0.288 e. The van der Waals surface area contributed by atoms with Crippen molar-refractivity contribution >= 4 is 20.2 Å². The first-order valence-electron chi connectivity index (χ1n) is 4.25. The van der Waals surface area contributed by atoms with E-state index >= 15 is 0 Å². The van der Waals surface area contributed by atoms with Crippen LogP contribution in [0.4, 0.5) is 4.39 Å². The van der Waals surface area contributed by atoms with Crippen molar-refractivity contribution in [3.8, 4) is 0 Å². The van der Waals surface area contributed by atoms with Gasteiger partial charge in [0, 0.05) is 0 Å². The molecule has 0 heterocycles. The van der Waals surface area contributed by atoms with Gasteiger partial charge in [0.2, 0.25) is 4.58 Å². The largest absolute Gasteiger partial charge is 0.288 e. The second kappa shape index (κ2) is 4.69. The van der Waals surface area contributed by atoms with E-state index in [-0.39, 0.29) is 5.56 Å². The van der Waals surface area contributed by atoms with Crippen molar-refractivity contribution in [3.05, 3.63) is 35.9 Å². The SMILES string of the molecule is O=S(=O)(O)C(C(F)c1ccccc1)S(=O)(=O)O. The van der Waals surface area contributed by atoms with Crippen molar-refractivity contribution in [2.75, 3.05) is 0 Å². The van der Waals surface area contributed by atoms with Gasteiger partial charge in [-0.1, -0.05) is 30.3 Å². The molecule has 0 saturated carbocycles. The van der Waals surface area contributed by atoms with E-state index in [1.54, 1.807) is 0 Å². The van der Waals surface area contributed by atoms with Gasteiger partial charge in [0.05, 0.1) is 0 Å². The third-order valence-corrected chi connectivity index (χ3v) is 5.06. The second-order valence-electron chi connectivity index (χ2n) is 3.21. The van der Waals surface area contributed by atoms with Gasteiger partial charge in [-0.3, -0.25) is 9.11 Å². The van der Waals surface area contributed by atoms with E-state index in [1.807, 2.05) is 0 Å². The topological polar surface area (TPSA) is 109 Å². The number of halogens is 1. The van der Waals surface area contributed by atoms with E-state index in [1.165, 1.54) is 18.2 Å². The molecule has 6 nitrogen and oxygen atoms in total. The van der Waals surface area contributed by atoms with Gasteiger partial charge in [0.1, 0.15) is 0 Å². The van der Waals surface area contributed by atoms with Crippen molar-refractivity contribution in [3.63, 3.8) is 0 Å². The minimum absolute atomic E-state index is 0.284. The molecule has 0 amide bonds. The Labute approximate surface area is 97.6 Å². The Morgan fingerprint density at radius 1 is 0.941 bits per heavy atom. The second-order valence-corrected chi connectivity index (χ2v) is 6.58. The van der Waals surface area contributed by atoms with Crippen LogP contribution in [0.15, 0.2) is 30.3 Å². The lowest BCUT2D eigenvalue weighted by Gasteiger charge is -2.15. The number of hydrogen-bond acceptors (Lipinski definition) is 4. The fourth-order valence-electron chi connectivity index (χ4n) is 1.25. The average molecular weight is 284 g/mol. The smallest absolute Gasteiger partial charge is 0.284 e. The first-order valence-corrected chi connectivity index (χ1v) is 7.26. The quantitative estimate of drug-likeness (QED) is 0.791. The standard InChI is InChI=1S/C8H9FO6S2/c9-7(6-4-2-1-3-5-6)8(16(10,11)12)17(13,14)15/h1-5,7-8H,(H,10,11,12)(H,13,14,15). The Hall–Kier alpha value is -1.03. The van der Waals surface area contributed by atoms with Crippen LogP contribution in [0.2, 0.25) is 0 Å². The summed E-state index contributed by atoms with van der Waals surface area (Å²) in [4.78, 5) is 0. The number of rotatable bonds is 4. The van der Waals surface area contributed by atoms with Crippen LogP contribution in [0.25, 0.3) is 0 Å². The lowest BCUT2D eigenvalue weighted by molar-refractivity contribution is 0.333. The first kappa shape index (κ1) is 14.0. The molecule has 0 radical (unpaired) electrons. The van der Waals surface area contributed by atoms with Crippen molar-refractivity contribution in [1.82, 2.24) is 0 Å². The summed E-state index contributed by atoms with van der Waals surface area (Å²) >= 11 is 0. The molecule has 0 saturated heterocycles. The summed E-state index contributed by atoms with van der Waals surface area (Å²) in [7, 11) is -10.6. The predicted octanol–water partition coefficient (Wildman–Crippen LogP) is 0.799. The van der Waals surface area contributed by atoms with Crippen molar-refractivity contribution in [1.29, 1.82) is 0 Å². The molecule has 1 atom stereocenters. The van der Waals surface area contributed by atoms with Gasteiger partial charge >= 0.3 is 0 Å². The zero-order valence-corrected chi connectivity index (χ0v) is 9.90. The zero-order valence-electron chi connectivity index (χ0n) is 8.26. The molecule has 17 heavy (non-hydrogen) atoms. The predicted molar refractivity (Wildman–Crippen MR) is 57.2 cm³/mol. The molecule has 0 bridgehead atoms. The highest BCUT2D eigenvalue weighted by molar-refractivity contribution is 8.04. The molecule has 0 aliphatic rings. The normalized spacial score (nSPS) is 14.8. The van der Waals surface area contributed by atoms with Crippen molar-refractivity contribution in [2.24, 2.45) is 0 Å². The Morgan fingerprint density at radius 2 is 1.35 bits per heavy atom. The highest BCUT2D eigenvalue weighted by Crippen LogP contribution is 2.28. The number of hydrogen-bond donors (Lipinski definition) is 2. The van der Waals surface area contributed by atoms with Crippen LogP contribution in [0, 0.1) is 0 Å². The van der Waals surface area contributed by atoms with Gasteiger partial charge in [-0.2, -0.15) is 16.8 Å². The van der Waals surface area contributed by atoms with Gasteiger partial charge < -0.3 is 0 Å². The maximum atomic E-state index is 13.7. The van der Waals surface area contributed by atoms with E-state index in [9.17, 15) is 21.2 Å².